The van der Waals surface area contributed by atoms with Crippen LogP contribution in [0.15, 0.2) is 24.3 Å². The molecule has 132 valence electrons. The summed E-state index contributed by atoms with van der Waals surface area (Å²) in [5, 5.41) is 2.68. The van der Waals surface area contributed by atoms with Crippen LogP contribution in [0.4, 0.5) is 5.69 Å². The number of carbonyl (C=O) groups is 3. The number of aryl methyl sites for hydroxylation is 1. The van der Waals surface area contributed by atoms with E-state index in [1.54, 1.807) is 12.1 Å². The fourth-order valence-corrected chi connectivity index (χ4v) is 5.41. The highest BCUT2D eigenvalue weighted by Crippen LogP contribution is 2.60. The molecule has 1 heterocycles. The number of anilines is 1. The molecule has 1 aromatic rings. The van der Waals surface area contributed by atoms with Gasteiger partial charge in [0.25, 0.3) is 5.91 Å². The van der Waals surface area contributed by atoms with E-state index in [0.717, 1.165) is 12.0 Å². The number of esters is 2. The van der Waals surface area contributed by atoms with E-state index in [1.807, 2.05) is 19.1 Å². The second-order valence-electron chi connectivity index (χ2n) is 6.98. The van der Waals surface area contributed by atoms with Crippen LogP contribution in [0.25, 0.3) is 0 Å². The summed E-state index contributed by atoms with van der Waals surface area (Å²) in [6, 6.07) is 7.34. The molecule has 6 nitrogen and oxygen atoms in total. The number of hydrogen-bond acceptors (Lipinski definition) is 5. The molecule has 1 aromatic carbocycles. The second-order valence-corrected chi connectivity index (χ2v) is 8.04. The minimum atomic E-state index is -0.521. The number of halogens is 1. The molecule has 0 unspecified atom stereocenters. The molecule has 1 saturated heterocycles. The maximum absolute atomic E-state index is 12.5. The molecule has 1 amide bonds. The first-order valence-corrected chi connectivity index (χ1v) is 9.25. The van der Waals surface area contributed by atoms with Gasteiger partial charge in [0, 0.05) is 11.6 Å². The highest BCUT2D eigenvalue weighted by Gasteiger charge is 2.68. The van der Waals surface area contributed by atoms with Crippen LogP contribution in [0, 0.1) is 30.6 Å². The fourth-order valence-electron chi connectivity index (χ4n) is 4.36. The van der Waals surface area contributed by atoms with Crippen molar-refractivity contribution in [2.45, 2.75) is 24.3 Å². The summed E-state index contributed by atoms with van der Waals surface area (Å²) in [5.74, 6) is -2.03. The molecule has 0 spiro atoms. The Morgan fingerprint density at radius 2 is 2.00 bits per heavy atom. The van der Waals surface area contributed by atoms with Crippen LogP contribution in [0.2, 0.25) is 0 Å². The van der Waals surface area contributed by atoms with E-state index >= 15 is 0 Å². The Labute approximate surface area is 153 Å². The molecule has 6 atom stereocenters. The third kappa shape index (κ3) is 2.74. The van der Waals surface area contributed by atoms with E-state index in [4.69, 9.17) is 9.47 Å². The highest BCUT2D eigenvalue weighted by molar-refractivity contribution is 9.09. The average Bonchev–Trinajstić information content (AvgIpc) is 3.19. The minimum Gasteiger partial charge on any atom is -0.461 e. The monoisotopic (exact) mass is 407 g/mol. The molecule has 1 N–H and O–H groups in total. The smallest absolute Gasteiger partial charge is 0.310 e. The van der Waals surface area contributed by atoms with Gasteiger partial charge in [-0.1, -0.05) is 33.6 Å². The first-order chi connectivity index (χ1) is 12.0. The summed E-state index contributed by atoms with van der Waals surface area (Å²) in [6.45, 7) is 1.59. The van der Waals surface area contributed by atoms with Gasteiger partial charge in [-0.3, -0.25) is 14.4 Å². The molecular weight excluding hydrogens is 390 g/mol. The quantitative estimate of drug-likeness (QED) is 0.609. The summed E-state index contributed by atoms with van der Waals surface area (Å²) >= 11 is 3.55. The normalized spacial score (nSPS) is 34.7. The lowest BCUT2D eigenvalue weighted by molar-refractivity contribution is -0.157. The number of fused-ring (bicyclic) bond motifs is 1. The summed E-state index contributed by atoms with van der Waals surface area (Å²) in [6.07, 6.45) is 0.656. The lowest BCUT2D eigenvalue weighted by Crippen LogP contribution is -2.39. The van der Waals surface area contributed by atoms with Crippen LogP contribution in [-0.4, -0.2) is 35.4 Å². The number of rotatable bonds is 4. The Hall–Kier alpha value is -1.89. The summed E-state index contributed by atoms with van der Waals surface area (Å²) < 4.78 is 10.6. The molecule has 4 rings (SSSR count). The van der Waals surface area contributed by atoms with Crippen molar-refractivity contribution in [2.24, 2.45) is 23.7 Å². The molecule has 2 bridgehead atoms. The molecule has 7 heteroatoms. The number of amides is 1. The first kappa shape index (κ1) is 16.6. The largest absolute Gasteiger partial charge is 0.461 e. The van der Waals surface area contributed by atoms with E-state index in [9.17, 15) is 14.4 Å². The van der Waals surface area contributed by atoms with Crippen molar-refractivity contribution in [2.75, 3.05) is 11.9 Å². The Morgan fingerprint density at radius 3 is 2.72 bits per heavy atom. The molecule has 0 radical (unpaired) electrons. The molecule has 0 aromatic heterocycles. The van der Waals surface area contributed by atoms with Gasteiger partial charge in [-0.25, -0.2) is 0 Å². The number of carbonyl (C=O) groups excluding carboxylic acids is 3. The van der Waals surface area contributed by atoms with E-state index in [1.165, 1.54) is 0 Å². The van der Waals surface area contributed by atoms with Crippen molar-refractivity contribution >= 4 is 39.5 Å². The summed E-state index contributed by atoms with van der Waals surface area (Å²) in [5.41, 5.74) is 1.74. The van der Waals surface area contributed by atoms with Gasteiger partial charge >= 0.3 is 11.9 Å². The van der Waals surface area contributed by atoms with Crippen molar-refractivity contribution in [1.29, 1.82) is 0 Å². The third-order valence-corrected chi connectivity index (χ3v) is 6.68. The second kappa shape index (κ2) is 6.12. The molecule has 3 aliphatic rings. The zero-order valence-corrected chi connectivity index (χ0v) is 15.2. The maximum Gasteiger partial charge on any atom is 0.310 e. The summed E-state index contributed by atoms with van der Waals surface area (Å²) in [7, 11) is 0. The predicted octanol–water partition coefficient (Wildman–Crippen LogP) is 2.05. The van der Waals surface area contributed by atoms with Gasteiger partial charge in [0.05, 0.1) is 16.7 Å². The molecule has 1 aliphatic heterocycles. The van der Waals surface area contributed by atoms with Gasteiger partial charge < -0.3 is 14.8 Å². The molecule has 2 saturated carbocycles. The lowest BCUT2D eigenvalue weighted by Gasteiger charge is -2.26. The topological polar surface area (TPSA) is 81.7 Å². The number of nitrogens with one attached hydrogen (secondary N) is 1. The predicted molar refractivity (Wildman–Crippen MR) is 91.9 cm³/mol. The molecule has 25 heavy (non-hydrogen) atoms. The van der Waals surface area contributed by atoms with Crippen LogP contribution in [0.5, 0.6) is 0 Å². The van der Waals surface area contributed by atoms with Crippen LogP contribution in [0.3, 0.4) is 0 Å². The third-order valence-electron chi connectivity index (χ3n) is 5.48. The standard InChI is InChI=1S/C18H18BrNO5/c1-8-2-4-9(5-3-8)20-12(21)7-24-17(22)13-10-6-11-14(13)18(23)25-16(11)15(10)19/h2-5,10-11,13-16H,6-7H2,1H3,(H,20,21)/t10-,11-,13-,14+,15+,16+/m1/s1. The zero-order valence-electron chi connectivity index (χ0n) is 13.6. The lowest BCUT2D eigenvalue weighted by atomic mass is 9.80. The van der Waals surface area contributed by atoms with Gasteiger partial charge in [0.1, 0.15) is 6.10 Å². The summed E-state index contributed by atoms with van der Waals surface area (Å²) in [4.78, 5) is 36.5. The van der Waals surface area contributed by atoms with Crippen LogP contribution in [0.1, 0.15) is 12.0 Å². The van der Waals surface area contributed by atoms with Crippen LogP contribution < -0.4 is 5.32 Å². The Bertz CT molecular complexity index is 733. The maximum atomic E-state index is 12.5. The van der Waals surface area contributed by atoms with Crippen molar-refractivity contribution in [3.05, 3.63) is 29.8 Å². The number of ether oxygens (including phenoxy) is 2. The molecular formula is C18H18BrNO5. The van der Waals surface area contributed by atoms with E-state index in [0.29, 0.717) is 5.69 Å². The van der Waals surface area contributed by atoms with Gasteiger partial charge in [0.15, 0.2) is 6.61 Å². The van der Waals surface area contributed by atoms with Gasteiger partial charge in [-0.15, -0.1) is 0 Å². The molecule has 3 fully saturated rings. The van der Waals surface area contributed by atoms with Gasteiger partial charge in [0.2, 0.25) is 0 Å². The van der Waals surface area contributed by atoms with E-state index < -0.39 is 23.7 Å². The van der Waals surface area contributed by atoms with Crippen LogP contribution in [-0.2, 0) is 23.9 Å². The Kier molecular flexibility index (Phi) is 4.06. The highest BCUT2D eigenvalue weighted by atomic mass is 79.9. The first-order valence-electron chi connectivity index (χ1n) is 8.33. The average molecular weight is 408 g/mol. The van der Waals surface area contributed by atoms with E-state index in [-0.39, 0.29) is 35.3 Å². The number of alkyl halides is 1. The Balaban J connectivity index is 1.35. The van der Waals surface area contributed by atoms with Gasteiger partial charge in [-0.05, 0) is 31.4 Å². The van der Waals surface area contributed by atoms with E-state index in [2.05, 4.69) is 21.2 Å². The fraction of sp³-hybridized carbons (Fsp3) is 0.500. The molecule has 2 aliphatic carbocycles. The number of hydrogen-bond donors (Lipinski definition) is 1. The van der Waals surface area contributed by atoms with Crippen molar-refractivity contribution < 1.29 is 23.9 Å². The minimum absolute atomic E-state index is 0.0147. The van der Waals surface area contributed by atoms with Crippen LogP contribution >= 0.6 is 15.9 Å². The van der Waals surface area contributed by atoms with Crippen molar-refractivity contribution in [1.82, 2.24) is 0 Å². The Morgan fingerprint density at radius 1 is 1.28 bits per heavy atom. The van der Waals surface area contributed by atoms with Crippen molar-refractivity contribution in [3.8, 4) is 0 Å². The SMILES string of the molecule is Cc1ccc(NC(=O)COC(=O)[C@@H]2[C@H]3C[C@H]4[C@H](OC(=O)[C@@H]42)[C@H]3Br)cc1. The zero-order chi connectivity index (χ0) is 17.7. The van der Waals surface area contributed by atoms with Crippen molar-refractivity contribution in [3.63, 3.8) is 0 Å². The number of benzene rings is 1. The van der Waals surface area contributed by atoms with Gasteiger partial charge in [-0.2, -0.15) is 0 Å².